The summed E-state index contributed by atoms with van der Waals surface area (Å²) in [5.74, 6) is 0.758. The molecule has 0 aromatic heterocycles. The molecule has 1 amide bonds. The highest BCUT2D eigenvalue weighted by Gasteiger charge is 2.21. The number of hydrogen-bond donors (Lipinski definition) is 1. The van der Waals surface area contributed by atoms with Gasteiger partial charge in [0, 0.05) is 0 Å². The third-order valence-electron chi connectivity index (χ3n) is 4.09. The normalized spacial score (nSPS) is 15.6. The predicted molar refractivity (Wildman–Crippen MR) is 111 cm³/mol. The number of carbonyl (C=O) groups excluding carboxylic acids is 1. The summed E-state index contributed by atoms with van der Waals surface area (Å²) in [6, 6.07) is 7.83. The molecular weight excluding hydrogens is 350 g/mol. The number of thioether (sulfide) groups is 1. The van der Waals surface area contributed by atoms with E-state index in [1.54, 1.807) is 0 Å². The van der Waals surface area contributed by atoms with Crippen LogP contribution in [0.25, 0.3) is 6.08 Å². The first kappa shape index (κ1) is 20.0. The highest BCUT2D eigenvalue weighted by atomic mass is 32.2. The highest BCUT2D eigenvalue weighted by Crippen LogP contribution is 2.26. The Morgan fingerprint density at radius 2 is 1.68 bits per heavy atom. The molecule has 0 saturated carbocycles. The molecule has 136 valence electrons. The maximum Gasteiger partial charge on any atom is 0.263 e. The minimum atomic E-state index is -0.120. The second-order valence-electron chi connectivity index (χ2n) is 6.24. The van der Waals surface area contributed by atoms with Gasteiger partial charge in [0.2, 0.25) is 0 Å². The molecule has 1 N–H and O–H groups in total. The molecule has 0 spiro atoms. The van der Waals surface area contributed by atoms with Crippen molar-refractivity contribution in [1.29, 1.82) is 0 Å². The van der Waals surface area contributed by atoms with E-state index in [4.69, 9.17) is 17.0 Å². The summed E-state index contributed by atoms with van der Waals surface area (Å²) in [4.78, 5) is 12.3. The topological polar surface area (TPSA) is 38.3 Å². The Hall–Kier alpha value is -1.33. The molecule has 1 saturated heterocycles. The Balaban J connectivity index is 1.63. The molecule has 0 bridgehead atoms. The van der Waals surface area contributed by atoms with Crippen molar-refractivity contribution in [3.8, 4) is 5.75 Å². The van der Waals surface area contributed by atoms with E-state index in [9.17, 15) is 4.79 Å². The highest BCUT2D eigenvalue weighted by molar-refractivity contribution is 8.26. The predicted octanol–water partition coefficient (Wildman–Crippen LogP) is 5.69. The van der Waals surface area contributed by atoms with Gasteiger partial charge in [0.15, 0.2) is 0 Å². The number of carbonyl (C=O) groups is 1. The summed E-state index contributed by atoms with van der Waals surface area (Å²) >= 11 is 6.29. The average molecular weight is 378 g/mol. The lowest BCUT2D eigenvalue weighted by Crippen LogP contribution is -2.17. The molecule has 1 aromatic carbocycles. The standard InChI is InChI=1S/C20H27NO2S2/c1-2-3-4-5-6-7-8-9-14-23-17-12-10-16(11-13-17)15-18-19(22)21-20(24)25-18/h10-13,15H,2-9,14H2,1H3,(H,21,22,24). The Kier molecular flexibility index (Phi) is 9.05. The molecule has 1 heterocycles. The third kappa shape index (κ3) is 7.61. The molecule has 1 fully saturated rings. The van der Waals surface area contributed by atoms with Crippen molar-refractivity contribution < 1.29 is 9.53 Å². The second kappa shape index (κ2) is 11.3. The van der Waals surface area contributed by atoms with E-state index in [1.165, 1.54) is 56.7 Å². The molecule has 0 atom stereocenters. The monoisotopic (exact) mass is 377 g/mol. The number of unbranched alkanes of at least 4 members (excludes halogenated alkanes) is 7. The zero-order valence-corrected chi connectivity index (χ0v) is 16.5. The van der Waals surface area contributed by atoms with Crippen molar-refractivity contribution in [3.63, 3.8) is 0 Å². The van der Waals surface area contributed by atoms with Crippen molar-refractivity contribution in [1.82, 2.24) is 5.32 Å². The zero-order chi connectivity index (χ0) is 17.9. The summed E-state index contributed by atoms with van der Waals surface area (Å²) < 4.78 is 6.30. The molecule has 25 heavy (non-hydrogen) atoms. The van der Waals surface area contributed by atoms with E-state index in [0.717, 1.165) is 24.3 Å². The van der Waals surface area contributed by atoms with Gasteiger partial charge in [0.25, 0.3) is 5.91 Å². The smallest absolute Gasteiger partial charge is 0.263 e. The number of thiocarbonyl (C=S) groups is 1. The van der Waals surface area contributed by atoms with Crippen LogP contribution < -0.4 is 10.1 Å². The van der Waals surface area contributed by atoms with Crippen molar-refractivity contribution in [2.24, 2.45) is 0 Å². The van der Waals surface area contributed by atoms with Gasteiger partial charge in [-0.1, -0.05) is 88.0 Å². The van der Waals surface area contributed by atoms with E-state index in [0.29, 0.717) is 9.23 Å². The lowest BCUT2D eigenvalue weighted by atomic mass is 10.1. The number of amides is 1. The van der Waals surface area contributed by atoms with Gasteiger partial charge >= 0.3 is 0 Å². The van der Waals surface area contributed by atoms with Crippen LogP contribution in [-0.2, 0) is 4.79 Å². The first-order valence-electron chi connectivity index (χ1n) is 9.17. The molecule has 2 rings (SSSR count). The number of hydrogen-bond acceptors (Lipinski definition) is 4. The van der Waals surface area contributed by atoms with Crippen molar-refractivity contribution in [3.05, 3.63) is 34.7 Å². The minimum Gasteiger partial charge on any atom is -0.494 e. The summed E-state index contributed by atoms with van der Waals surface area (Å²) in [5.41, 5.74) is 0.974. The van der Waals surface area contributed by atoms with Gasteiger partial charge in [0.1, 0.15) is 10.1 Å². The maximum atomic E-state index is 11.6. The van der Waals surface area contributed by atoms with Crippen molar-refractivity contribution in [2.75, 3.05) is 6.61 Å². The van der Waals surface area contributed by atoms with Crippen LogP contribution in [-0.4, -0.2) is 16.8 Å². The summed E-state index contributed by atoms with van der Waals surface area (Å²) in [6.07, 6.45) is 12.3. The Morgan fingerprint density at radius 1 is 1.04 bits per heavy atom. The second-order valence-corrected chi connectivity index (χ2v) is 7.96. The quantitative estimate of drug-likeness (QED) is 0.305. The third-order valence-corrected chi connectivity index (χ3v) is 5.25. The number of nitrogens with one attached hydrogen (secondary N) is 1. The number of ether oxygens (including phenoxy) is 1. The van der Waals surface area contributed by atoms with Crippen LogP contribution in [0.3, 0.4) is 0 Å². The van der Waals surface area contributed by atoms with E-state index < -0.39 is 0 Å². The lowest BCUT2D eigenvalue weighted by Gasteiger charge is -2.06. The van der Waals surface area contributed by atoms with E-state index in [1.807, 2.05) is 30.3 Å². The van der Waals surface area contributed by atoms with E-state index >= 15 is 0 Å². The first-order chi connectivity index (χ1) is 12.2. The van der Waals surface area contributed by atoms with Gasteiger partial charge in [-0.2, -0.15) is 0 Å². The van der Waals surface area contributed by atoms with Crippen LogP contribution >= 0.6 is 24.0 Å². The van der Waals surface area contributed by atoms with Gasteiger partial charge in [-0.05, 0) is 30.2 Å². The van der Waals surface area contributed by atoms with Crippen LogP contribution in [0.15, 0.2) is 29.2 Å². The van der Waals surface area contributed by atoms with Crippen LogP contribution in [0.5, 0.6) is 5.75 Å². The Labute approximate surface area is 160 Å². The molecule has 1 aliphatic heterocycles. The summed E-state index contributed by atoms with van der Waals surface area (Å²) in [5, 5.41) is 2.62. The Morgan fingerprint density at radius 3 is 2.28 bits per heavy atom. The largest absolute Gasteiger partial charge is 0.494 e. The molecular formula is C20H27NO2S2. The van der Waals surface area contributed by atoms with Gasteiger partial charge in [-0.25, -0.2) is 0 Å². The van der Waals surface area contributed by atoms with Crippen LogP contribution in [0, 0.1) is 0 Å². The summed E-state index contributed by atoms with van der Waals surface area (Å²) in [7, 11) is 0. The minimum absolute atomic E-state index is 0.120. The van der Waals surface area contributed by atoms with Gasteiger partial charge in [0.05, 0.1) is 11.5 Å². The summed E-state index contributed by atoms with van der Waals surface area (Å²) in [6.45, 7) is 3.02. The van der Waals surface area contributed by atoms with Crippen LogP contribution in [0.2, 0.25) is 0 Å². The maximum absolute atomic E-state index is 11.6. The molecule has 3 nitrogen and oxygen atoms in total. The molecule has 1 aromatic rings. The van der Waals surface area contributed by atoms with Gasteiger partial charge in [-0.15, -0.1) is 0 Å². The lowest BCUT2D eigenvalue weighted by molar-refractivity contribution is -0.115. The van der Waals surface area contributed by atoms with Crippen LogP contribution in [0.4, 0.5) is 0 Å². The fourth-order valence-corrected chi connectivity index (χ4v) is 3.70. The number of rotatable bonds is 11. The first-order valence-corrected chi connectivity index (χ1v) is 10.4. The molecule has 5 heteroatoms. The zero-order valence-electron chi connectivity index (χ0n) is 14.9. The van der Waals surface area contributed by atoms with Crippen molar-refractivity contribution >= 4 is 40.3 Å². The van der Waals surface area contributed by atoms with Gasteiger partial charge in [-0.3, -0.25) is 4.79 Å². The van der Waals surface area contributed by atoms with E-state index in [-0.39, 0.29) is 5.91 Å². The SMILES string of the molecule is CCCCCCCCCCOc1ccc(C=C2SC(=S)NC2=O)cc1. The van der Waals surface area contributed by atoms with Gasteiger partial charge < -0.3 is 10.1 Å². The van der Waals surface area contributed by atoms with Crippen molar-refractivity contribution in [2.45, 2.75) is 58.3 Å². The fraction of sp³-hybridized carbons (Fsp3) is 0.500. The van der Waals surface area contributed by atoms with Crippen LogP contribution in [0.1, 0.15) is 63.9 Å². The fourth-order valence-electron chi connectivity index (χ4n) is 2.66. The molecule has 0 unspecified atom stereocenters. The average Bonchev–Trinajstić information content (AvgIpc) is 2.92. The van der Waals surface area contributed by atoms with E-state index in [2.05, 4.69) is 12.2 Å². The Bertz CT molecular complexity index is 596. The molecule has 0 radical (unpaired) electrons. The molecule has 0 aliphatic carbocycles. The molecule has 1 aliphatic rings. The number of benzene rings is 1.